The molecule has 4 aromatic rings. The molecule has 2 heterocycles. The molecular formula is C31H34NO+. The Morgan fingerprint density at radius 2 is 1.52 bits per heavy atom. The predicted octanol–water partition coefficient (Wildman–Crippen LogP) is 6.69. The number of nitrogens with zero attached hydrogens (tertiary/aromatic N) is 1. The van der Waals surface area contributed by atoms with E-state index in [4.69, 9.17) is 0 Å². The summed E-state index contributed by atoms with van der Waals surface area (Å²) in [7, 11) is 0. The predicted molar refractivity (Wildman–Crippen MR) is 137 cm³/mol. The summed E-state index contributed by atoms with van der Waals surface area (Å²) >= 11 is 0. The molecule has 3 aromatic carbocycles. The van der Waals surface area contributed by atoms with E-state index in [9.17, 15) is 5.11 Å². The number of benzene rings is 3. The van der Waals surface area contributed by atoms with Crippen LogP contribution in [0.5, 0.6) is 0 Å². The number of hydrogen-bond acceptors (Lipinski definition) is 1. The van der Waals surface area contributed by atoms with Gasteiger partial charge in [-0.1, -0.05) is 71.0 Å². The molecule has 33 heavy (non-hydrogen) atoms. The van der Waals surface area contributed by atoms with Crippen LogP contribution in [0.1, 0.15) is 64.2 Å². The summed E-state index contributed by atoms with van der Waals surface area (Å²) in [5.41, 5.74) is 7.24. The normalized spacial score (nSPS) is 25.6. The Labute approximate surface area is 196 Å². The monoisotopic (exact) mass is 436 g/mol. The van der Waals surface area contributed by atoms with Crippen molar-refractivity contribution in [2.75, 3.05) is 0 Å². The lowest BCUT2D eigenvalue weighted by molar-refractivity contribution is -0.715. The molecule has 1 aromatic heterocycles. The molecule has 2 nitrogen and oxygen atoms in total. The van der Waals surface area contributed by atoms with Crippen LogP contribution >= 0.6 is 0 Å². The van der Waals surface area contributed by atoms with Gasteiger partial charge in [-0.25, -0.2) is 0 Å². The lowest BCUT2D eigenvalue weighted by Crippen LogP contribution is -2.56. The maximum atomic E-state index is 11.9. The highest BCUT2D eigenvalue weighted by Gasteiger charge is 2.85. The lowest BCUT2D eigenvalue weighted by Gasteiger charge is -2.32. The van der Waals surface area contributed by atoms with Crippen molar-refractivity contribution < 1.29 is 9.67 Å². The second-order valence-electron chi connectivity index (χ2n) is 11.2. The van der Waals surface area contributed by atoms with Crippen LogP contribution in [-0.2, 0) is 16.4 Å². The first kappa shape index (κ1) is 20.9. The molecular weight excluding hydrogens is 402 g/mol. The van der Waals surface area contributed by atoms with E-state index in [1.54, 1.807) is 0 Å². The van der Waals surface area contributed by atoms with Gasteiger partial charge in [0.15, 0.2) is 0 Å². The van der Waals surface area contributed by atoms with Crippen molar-refractivity contribution in [3.8, 4) is 11.3 Å². The van der Waals surface area contributed by atoms with Crippen LogP contribution in [0.25, 0.3) is 32.9 Å². The summed E-state index contributed by atoms with van der Waals surface area (Å²) in [5.74, 6) is 0. The van der Waals surface area contributed by atoms with Crippen molar-refractivity contribution >= 4 is 21.7 Å². The minimum Gasteiger partial charge on any atom is -0.385 e. The quantitative estimate of drug-likeness (QED) is 0.348. The Bertz CT molecular complexity index is 1460. The van der Waals surface area contributed by atoms with Gasteiger partial charge >= 0.3 is 0 Å². The number of pyridine rings is 1. The van der Waals surface area contributed by atoms with Crippen molar-refractivity contribution in [1.29, 1.82) is 0 Å². The summed E-state index contributed by atoms with van der Waals surface area (Å²) in [4.78, 5) is 0. The van der Waals surface area contributed by atoms with Gasteiger partial charge in [0.1, 0.15) is 6.10 Å². The zero-order chi connectivity index (χ0) is 23.3. The van der Waals surface area contributed by atoms with Gasteiger partial charge in [0.2, 0.25) is 16.7 Å². The van der Waals surface area contributed by atoms with Crippen LogP contribution in [0.4, 0.5) is 0 Å². The van der Waals surface area contributed by atoms with Gasteiger partial charge in [-0.15, -0.1) is 0 Å². The van der Waals surface area contributed by atoms with Gasteiger partial charge in [0.05, 0.1) is 11.0 Å². The van der Waals surface area contributed by atoms with E-state index in [-0.39, 0.29) is 16.4 Å². The van der Waals surface area contributed by atoms with E-state index in [0.29, 0.717) is 0 Å². The third kappa shape index (κ3) is 2.26. The van der Waals surface area contributed by atoms with Gasteiger partial charge in [-0.3, -0.25) is 0 Å². The van der Waals surface area contributed by atoms with Gasteiger partial charge in [0.25, 0.3) is 0 Å². The number of fused-ring (bicyclic) bond motifs is 10. The van der Waals surface area contributed by atoms with Crippen LogP contribution in [0.3, 0.4) is 0 Å². The molecule has 6 rings (SSSR count). The van der Waals surface area contributed by atoms with Crippen molar-refractivity contribution in [1.82, 2.24) is 0 Å². The van der Waals surface area contributed by atoms with E-state index in [1.807, 2.05) is 0 Å². The molecule has 1 fully saturated rings. The largest absolute Gasteiger partial charge is 0.385 e. The summed E-state index contributed by atoms with van der Waals surface area (Å²) in [6, 6.07) is 22.4. The van der Waals surface area contributed by atoms with Gasteiger partial charge in [-0.05, 0) is 58.4 Å². The van der Waals surface area contributed by atoms with E-state index < -0.39 is 6.10 Å². The Kier molecular flexibility index (Phi) is 4.08. The molecule has 0 bridgehead atoms. The van der Waals surface area contributed by atoms with E-state index in [1.165, 1.54) is 49.6 Å². The average Bonchev–Trinajstić information content (AvgIpc) is 3.36. The second-order valence-corrected chi connectivity index (χ2v) is 11.2. The number of aliphatic hydroxyl groups is 1. The number of aryl methyl sites for hydroxylation is 1. The van der Waals surface area contributed by atoms with Crippen LogP contribution < -0.4 is 4.57 Å². The topological polar surface area (TPSA) is 24.1 Å². The Morgan fingerprint density at radius 3 is 2.15 bits per heavy atom. The maximum Gasteiger partial charge on any atom is 0.214 e. The van der Waals surface area contributed by atoms with Crippen molar-refractivity contribution in [3.05, 3.63) is 77.4 Å². The third-order valence-corrected chi connectivity index (χ3v) is 8.84. The smallest absolute Gasteiger partial charge is 0.214 e. The third-order valence-electron chi connectivity index (χ3n) is 8.84. The molecule has 2 heteroatoms. The molecule has 1 saturated carbocycles. The zero-order valence-corrected chi connectivity index (χ0v) is 20.7. The van der Waals surface area contributed by atoms with Crippen LogP contribution in [-0.4, -0.2) is 11.2 Å². The molecule has 0 spiro atoms. The maximum absolute atomic E-state index is 11.9. The van der Waals surface area contributed by atoms with Gasteiger partial charge in [-0.2, -0.15) is 4.57 Å². The molecule has 1 N–H and O–H groups in total. The molecule has 0 saturated heterocycles. The van der Waals surface area contributed by atoms with E-state index in [0.717, 1.165) is 12.8 Å². The van der Waals surface area contributed by atoms with Crippen LogP contribution in [0.2, 0.25) is 0 Å². The van der Waals surface area contributed by atoms with E-state index >= 15 is 0 Å². The Balaban J connectivity index is 1.89. The number of hydrogen-bond donors (Lipinski definition) is 1. The molecule has 0 amide bonds. The van der Waals surface area contributed by atoms with Crippen LogP contribution in [0.15, 0.2) is 60.7 Å². The molecule has 2 aliphatic rings. The zero-order valence-electron chi connectivity index (χ0n) is 20.7. The highest BCUT2D eigenvalue weighted by molar-refractivity contribution is 5.98. The van der Waals surface area contributed by atoms with Crippen LogP contribution in [0, 0.1) is 6.92 Å². The first-order valence-corrected chi connectivity index (χ1v) is 12.4. The van der Waals surface area contributed by atoms with Crippen molar-refractivity contribution in [2.24, 2.45) is 0 Å². The summed E-state index contributed by atoms with van der Waals surface area (Å²) < 4.78 is 2.52. The Morgan fingerprint density at radius 1 is 0.879 bits per heavy atom. The summed E-state index contributed by atoms with van der Waals surface area (Å²) in [6.45, 7) is 13.7. The second kappa shape index (κ2) is 6.45. The molecule has 3 atom stereocenters. The molecule has 1 aliphatic heterocycles. The SMILES string of the molecule is CCC12c3c(cc(C(C)(C)C)c4ccccc34)-c3cc(C)c4ccccc4[n+]3C1(CC)C2O. The standard InChI is InChI=1S/C31H34NO/c1-7-30-27-22-15-10-9-14-21(22)24(29(4,5)6)18-23(27)26-17-19(3)20-13-11-12-16-25(20)32(26)31(30,8-2)28(30)33/h9-18,28,33H,7-8H2,1-6H3/q+1. The van der Waals surface area contributed by atoms with Gasteiger partial charge < -0.3 is 5.11 Å². The minimum absolute atomic E-state index is 0.0200. The fraction of sp³-hybridized carbons (Fsp3) is 0.387. The highest BCUT2D eigenvalue weighted by Crippen LogP contribution is 2.69. The first-order valence-electron chi connectivity index (χ1n) is 12.4. The lowest BCUT2D eigenvalue weighted by atomic mass is 9.73. The Hall–Kier alpha value is -2.71. The number of para-hydroxylation sites is 1. The number of rotatable bonds is 2. The molecule has 1 aliphatic carbocycles. The molecule has 0 radical (unpaired) electrons. The molecule has 3 unspecified atom stereocenters. The molecule has 168 valence electrons. The first-order chi connectivity index (χ1) is 15.7. The average molecular weight is 437 g/mol. The summed E-state index contributed by atoms with van der Waals surface area (Å²) in [6.07, 6.45) is 1.42. The summed E-state index contributed by atoms with van der Waals surface area (Å²) in [5, 5.41) is 15.8. The van der Waals surface area contributed by atoms with E-state index in [2.05, 4.69) is 107 Å². The minimum atomic E-state index is -0.403. The fourth-order valence-corrected chi connectivity index (χ4v) is 7.37. The van der Waals surface area contributed by atoms with Gasteiger partial charge in [0, 0.05) is 23.9 Å². The highest BCUT2D eigenvalue weighted by atomic mass is 16.3. The van der Waals surface area contributed by atoms with Crippen molar-refractivity contribution in [3.63, 3.8) is 0 Å². The fourth-order valence-electron chi connectivity index (χ4n) is 7.37. The van der Waals surface area contributed by atoms with Crippen molar-refractivity contribution in [2.45, 2.75) is 76.9 Å². The number of aromatic nitrogens is 1. The number of aliphatic hydroxyl groups excluding tert-OH is 1.